The molecular weight excluding hydrogens is 218 g/mol. The largest absolute Gasteiger partial charge is 0.321 e. The Labute approximate surface area is 98.0 Å². The molecule has 0 spiro atoms. The van der Waals surface area contributed by atoms with Crippen LogP contribution in [0, 0.1) is 0 Å². The van der Waals surface area contributed by atoms with Gasteiger partial charge in [-0.1, -0.05) is 19.1 Å². The highest BCUT2D eigenvalue weighted by Gasteiger charge is 2.21. The van der Waals surface area contributed by atoms with Crippen molar-refractivity contribution in [2.24, 2.45) is 0 Å². The van der Waals surface area contributed by atoms with Gasteiger partial charge in [-0.05, 0) is 29.3 Å². The molecule has 2 nitrogen and oxygen atoms in total. The molecule has 0 fully saturated rings. The lowest BCUT2D eigenvalue weighted by Crippen LogP contribution is -2.03. The van der Waals surface area contributed by atoms with Crippen molar-refractivity contribution in [3.63, 3.8) is 0 Å². The van der Waals surface area contributed by atoms with E-state index in [0.29, 0.717) is 0 Å². The fourth-order valence-electron chi connectivity index (χ4n) is 2.14. The molecule has 0 aromatic heterocycles. The maximum atomic E-state index is 11.7. The van der Waals surface area contributed by atoms with Gasteiger partial charge in [0.25, 0.3) is 5.91 Å². The van der Waals surface area contributed by atoms with Crippen molar-refractivity contribution in [2.75, 3.05) is 11.1 Å². The summed E-state index contributed by atoms with van der Waals surface area (Å²) < 4.78 is 0. The highest BCUT2D eigenvalue weighted by molar-refractivity contribution is 7.99. The molecule has 1 aliphatic rings. The maximum absolute atomic E-state index is 11.7. The number of rotatable bonds is 2. The van der Waals surface area contributed by atoms with E-state index in [9.17, 15) is 4.79 Å². The van der Waals surface area contributed by atoms with Gasteiger partial charge < -0.3 is 5.32 Å². The fourth-order valence-corrected chi connectivity index (χ4v) is 2.95. The monoisotopic (exact) mass is 229 g/mol. The molecule has 1 aliphatic heterocycles. The van der Waals surface area contributed by atoms with Gasteiger partial charge in [-0.3, -0.25) is 4.79 Å². The Morgan fingerprint density at radius 1 is 1.25 bits per heavy atom. The third-order valence-corrected chi connectivity index (χ3v) is 3.75. The number of anilines is 1. The zero-order valence-corrected chi connectivity index (χ0v) is 9.73. The van der Waals surface area contributed by atoms with Crippen LogP contribution < -0.4 is 5.32 Å². The molecule has 1 heterocycles. The van der Waals surface area contributed by atoms with Crippen molar-refractivity contribution in [3.8, 4) is 0 Å². The second-order valence-electron chi connectivity index (χ2n) is 3.73. The normalized spacial score (nSPS) is 13.2. The van der Waals surface area contributed by atoms with E-state index in [1.165, 1.54) is 10.3 Å². The first-order chi connectivity index (χ1) is 7.81. The van der Waals surface area contributed by atoms with Crippen LogP contribution in [0.25, 0.3) is 10.8 Å². The first-order valence-electron chi connectivity index (χ1n) is 5.31. The average Bonchev–Trinajstić information content (AvgIpc) is 2.62. The average molecular weight is 229 g/mol. The number of amides is 1. The minimum atomic E-state index is 0.0132. The van der Waals surface area contributed by atoms with Crippen molar-refractivity contribution in [2.45, 2.75) is 11.8 Å². The molecule has 1 amide bonds. The Bertz CT molecular complexity index is 592. The maximum Gasteiger partial charge on any atom is 0.256 e. The van der Waals surface area contributed by atoms with Crippen LogP contribution in [0.2, 0.25) is 0 Å². The lowest BCUT2D eigenvalue weighted by Gasteiger charge is -2.05. The zero-order valence-electron chi connectivity index (χ0n) is 8.91. The number of thioether (sulfide) groups is 1. The van der Waals surface area contributed by atoms with Gasteiger partial charge in [-0.2, -0.15) is 0 Å². The number of carbonyl (C=O) groups is 1. The van der Waals surface area contributed by atoms with Crippen molar-refractivity contribution in [1.29, 1.82) is 0 Å². The Balaban J connectivity index is 2.36. The molecule has 2 aromatic carbocycles. The Kier molecular flexibility index (Phi) is 2.14. The van der Waals surface area contributed by atoms with Gasteiger partial charge in [-0.15, -0.1) is 11.8 Å². The van der Waals surface area contributed by atoms with Crippen LogP contribution in [0.1, 0.15) is 17.3 Å². The summed E-state index contributed by atoms with van der Waals surface area (Å²) in [6.45, 7) is 2.14. The summed E-state index contributed by atoms with van der Waals surface area (Å²) in [6, 6.07) is 10.00. The molecule has 2 aromatic rings. The molecule has 3 rings (SSSR count). The Hall–Kier alpha value is -1.48. The summed E-state index contributed by atoms with van der Waals surface area (Å²) >= 11 is 1.81. The van der Waals surface area contributed by atoms with Gasteiger partial charge in [0.1, 0.15) is 0 Å². The molecule has 1 N–H and O–H groups in total. The van der Waals surface area contributed by atoms with Gasteiger partial charge in [-0.25, -0.2) is 0 Å². The Morgan fingerprint density at radius 3 is 2.94 bits per heavy atom. The highest BCUT2D eigenvalue weighted by Crippen LogP contribution is 2.38. The van der Waals surface area contributed by atoms with E-state index in [1.54, 1.807) is 0 Å². The standard InChI is InChI=1S/C13H11NOS/c1-2-16-11-7-6-10-12-8(11)4-3-5-9(12)13(15)14-10/h3-7H,2H2,1H3,(H,14,15). The highest BCUT2D eigenvalue weighted by atomic mass is 32.2. The van der Waals surface area contributed by atoms with Gasteiger partial charge in [0, 0.05) is 21.5 Å². The SMILES string of the molecule is CCSc1ccc2c3c(cccc13)C(=O)N2. The van der Waals surface area contributed by atoms with E-state index >= 15 is 0 Å². The molecule has 16 heavy (non-hydrogen) atoms. The van der Waals surface area contributed by atoms with Crippen LogP contribution in [0.3, 0.4) is 0 Å². The summed E-state index contributed by atoms with van der Waals surface area (Å²) in [5.41, 5.74) is 1.74. The van der Waals surface area contributed by atoms with Gasteiger partial charge in [0.05, 0.1) is 0 Å². The van der Waals surface area contributed by atoms with Gasteiger partial charge >= 0.3 is 0 Å². The van der Waals surface area contributed by atoms with E-state index in [4.69, 9.17) is 0 Å². The summed E-state index contributed by atoms with van der Waals surface area (Å²) in [6.07, 6.45) is 0. The summed E-state index contributed by atoms with van der Waals surface area (Å²) in [5.74, 6) is 1.05. The van der Waals surface area contributed by atoms with E-state index in [2.05, 4.69) is 24.4 Å². The van der Waals surface area contributed by atoms with E-state index in [1.807, 2.05) is 30.0 Å². The van der Waals surface area contributed by atoms with Crippen molar-refractivity contribution in [1.82, 2.24) is 0 Å². The first-order valence-corrected chi connectivity index (χ1v) is 6.29. The predicted molar refractivity (Wildman–Crippen MR) is 68.3 cm³/mol. The zero-order chi connectivity index (χ0) is 11.1. The Morgan fingerprint density at radius 2 is 2.12 bits per heavy atom. The molecule has 0 radical (unpaired) electrons. The molecular formula is C13H11NOS. The number of hydrogen-bond donors (Lipinski definition) is 1. The summed E-state index contributed by atoms with van der Waals surface area (Å²) in [7, 11) is 0. The molecule has 0 aliphatic carbocycles. The quantitative estimate of drug-likeness (QED) is 0.798. The lowest BCUT2D eigenvalue weighted by molar-refractivity contribution is 0.103. The number of carbonyl (C=O) groups excluding carboxylic acids is 1. The third-order valence-electron chi connectivity index (χ3n) is 2.79. The smallest absolute Gasteiger partial charge is 0.256 e. The van der Waals surface area contributed by atoms with Crippen LogP contribution >= 0.6 is 11.8 Å². The van der Waals surface area contributed by atoms with E-state index in [0.717, 1.165) is 22.4 Å². The predicted octanol–water partition coefficient (Wildman–Crippen LogP) is 3.52. The first kappa shape index (κ1) is 9.73. The third kappa shape index (κ3) is 1.25. The van der Waals surface area contributed by atoms with E-state index in [-0.39, 0.29) is 5.91 Å². The number of nitrogens with one attached hydrogen (secondary N) is 1. The van der Waals surface area contributed by atoms with Crippen molar-refractivity contribution in [3.05, 3.63) is 35.9 Å². The van der Waals surface area contributed by atoms with Crippen molar-refractivity contribution >= 4 is 34.1 Å². The summed E-state index contributed by atoms with van der Waals surface area (Å²) in [4.78, 5) is 12.9. The molecule has 80 valence electrons. The van der Waals surface area contributed by atoms with Crippen LogP contribution in [0.4, 0.5) is 5.69 Å². The summed E-state index contributed by atoms with van der Waals surface area (Å²) in [5, 5.41) is 5.15. The van der Waals surface area contributed by atoms with E-state index < -0.39 is 0 Å². The van der Waals surface area contributed by atoms with Crippen molar-refractivity contribution < 1.29 is 4.79 Å². The second-order valence-corrected chi connectivity index (χ2v) is 5.03. The second kappa shape index (κ2) is 3.52. The molecule has 3 heteroatoms. The van der Waals surface area contributed by atoms with Crippen LogP contribution in [0.15, 0.2) is 35.2 Å². The lowest BCUT2D eigenvalue weighted by atomic mass is 10.1. The van der Waals surface area contributed by atoms with Gasteiger partial charge in [0.15, 0.2) is 0 Å². The fraction of sp³-hybridized carbons (Fsp3) is 0.154. The minimum absolute atomic E-state index is 0.0132. The minimum Gasteiger partial charge on any atom is -0.321 e. The number of hydrogen-bond acceptors (Lipinski definition) is 2. The molecule has 0 saturated heterocycles. The van der Waals surface area contributed by atoms with Crippen LogP contribution in [-0.2, 0) is 0 Å². The molecule has 0 atom stereocenters. The molecule has 0 saturated carbocycles. The van der Waals surface area contributed by atoms with Crippen LogP contribution in [-0.4, -0.2) is 11.7 Å². The molecule has 0 unspecified atom stereocenters. The topological polar surface area (TPSA) is 29.1 Å². The van der Waals surface area contributed by atoms with Crippen LogP contribution in [0.5, 0.6) is 0 Å². The molecule has 0 bridgehead atoms. The van der Waals surface area contributed by atoms with Gasteiger partial charge in [0.2, 0.25) is 0 Å². The number of benzene rings is 2.